The molecular weight excluding hydrogens is 464 g/mol. The van der Waals surface area contributed by atoms with Crippen molar-refractivity contribution in [2.24, 2.45) is 5.92 Å². The maximum Gasteiger partial charge on any atom is 0.257 e. The van der Waals surface area contributed by atoms with Crippen LogP contribution in [0.1, 0.15) is 48.7 Å². The summed E-state index contributed by atoms with van der Waals surface area (Å²) in [7, 11) is -5.86. The van der Waals surface area contributed by atoms with Gasteiger partial charge in [-0.05, 0) is 61.6 Å². The third-order valence-electron chi connectivity index (χ3n) is 5.92. The first kappa shape index (κ1) is 25.2. The molecule has 0 aromatic heterocycles. The smallest absolute Gasteiger partial charge is 0.257 e. The van der Waals surface area contributed by atoms with Crippen molar-refractivity contribution in [1.82, 2.24) is 9.62 Å². The van der Waals surface area contributed by atoms with E-state index in [1.807, 2.05) is 0 Å². The number of sulfonamides is 1. The SMILES string of the molecule is COc1ccc(S(=O)(=O)N[C@H](C)c2ccc(S(C)(=O)=O)cc2)cc1C(=O)N1CCC(C)CC1. The van der Waals surface area contributed by atoms with Crippen molar-refractivity contribution < 1.29 is 26.4 Å². The van der Waals surface area contributed by atoms with Crippen LogP contribution in [-0.4, -0.2) is 54.1 Å². The lowest BCUT2D eigenvalue weighted by Crippen LogP contribution is -2.38. The molecule has 1 aliphatic heterocycles. The fourth-order valence-electron chi connectivity index (χ4n) is 3.78. The largest absolute Gasteiger partial charge is 0.496 e. The second kappa shape index (κ2) is 9.82. The quantitative estimate of drug-likeness (QED) is 0.634. The van der Waals surface area contributed by atoms with Crippen molar-refractivity contribution in [3.63, 3.8) is 0 Å². The first-order valence-corrected chi connectivity index (χ1v) is 14.1. The van der Waals surface area contributed by atoms with E-state index < -0.39 is 25.9 Å². The minimum absolute atomic E-state index is 0.0448. The number of methoxy groups -OCH3 is 1. The molecule has 1 heterocycles. The summed E-state index contributed by atoms with van der Waals surface area (Å²) in [5, 5.41) is 0. The Hall–Kier alpha value is -2.43. The Balaban J connectivity index is 1.84. The molecule has 1 saturated heterocycles. The average molecular weight is 495 g/mol. The number of likely N-dealkylation sites (tertiary alicyclic amines) is 1. The maximum absolute atomic E-state index is 13.1. The molecule has 1 amide bonds. The average Bonchev–Trinajstić information content (AvgIpc) is 2.78. The van der Waals surface area contributed by atoms with Crippen molar-refractivity contribution in [3.05, 3.63) is 53.6 Å². The molecule has 1 fully saturated rings. The van der Waals surface area contributed by atoms with Gasteiger partial charge in [-0.1, -0.05) is 19.1 Å². The number of amides is 1. The number of hydrogen-bond donors (Lipinski definition) is 1. The monoisotopic (exact) mass is 494 g/mol. The van der Waals surface area contributed by atoms with Crippen LogP contribution in [0.4, 0.5) is 0 Å². The lowest BCUT2D eigenvalue weighted by atomic mass is 9.98. The molecule has 8 nitrogen and oxygen atoms in total. The standard InChI is InChI=1S/C23H30N2O6S2/c1-16-11-13-25(14-12-16)23(26)21-15-20(9-10-22(21)31-3)33(29,30)24-17(2)18-5-7-19(8-6-18)32(4,27)28/h5-10,15-17,24H,11-14H2,1-4H3/t17-/m1/s1. The summed E-state index contributed by atoms with van der Waals surface area (Å²) in [5.41, 5.74) is 0.818. The minimum Gasteiger partial charge on any atom is -0.496 e. The van der Waals surface area contributed by atoms with Gasteiger partial charge in [0.05, 0.1) is 22.5 Å². The lowest BCUT2D eigenvalue weighted by molar-refractivity contribution is 0.0693. The van der Waals surface area contributed by atoms with Gasteiger partial charge in [0, 0.05) is 25.4 Å². The molecule has 0 saturated carbocycles. The molecule has 1 atom stereocenters. The number of ether oxygens (including phenoxy) is 1. The van der Waals surface area contributed by atoms with E-state index in [4.69, 9.17) is 4.74 Å². The van der Waals surface area contributed by atoms with Crippen molar-refractivity contribution in [1.29, 1.82) is 0 Å². The van der Waals surface area contributed by atoms with Crippen molar-refractivity contribution >= 4 is 25.8 Å². The van der Waals surface area contributed by atoms with Gasteiger partial charge in [-0.25, -0.2) is 21.6 Å². The third-order valence-corrected chi connectivity index (χ3v) is 8.59. The molecule has 180 valence electrons. The summed E-state index contributed by atoms with van der Waals surface area (Å²) in [4.78, 5) is 14.9. The van der Waals surface area contributed by atoms with Gasteiger partial charge in [-0.2, -0.15) is 0 Å². The Morgan fingerprint density at radius 3 is 2.15 bits per heavy atom. The van der Waals surface area contributed by atoms with E-state index in [-0.39, 0.29) is 21.3 Å². The molecule has 1 N–H and O–H groups in total. The summed E-state index contributed by atoms with van der Waals surface area (Å²) in [6.45, 7) is 5.06. The van der Waals surface area contributed by atoms with Gasteiger partial charge in [0.15, 0.2) is 9.84 Å². The number of benzene rings is 2. The third kappa shape index (κ3) is 5.93. The van der Waals surface area contributed by atoms with Crippen LogP contribution in [0.2, 0.25) is 0 Å². The van der Waals surface area contributed by atoms with Crippen molar-refractivity contribution in [2.45, 2.75) is 42.5 Å². The number of carbonyl (C=O) groups is 1. The molecule has 0 bridgehead atoms. The van der Waals surface area contributed by atoms with E-state index in [2.05, 4.69) is 11.6 Å². The second-order valence-corrected chi connectivity index (χ2v) is 12.3. The maximum atomic E-state index is 13.1. The van der Waals surface area contributed by atoms with Gasteiger partial charge in [-0.15, -0.1) is 0 Å². The van der Waals surface area contributed by atoms with Crippen LogP contribution >= 0.6 is 0 Å². The Morgan fingerprint density at radius 2 is 1.61 bits per heavy atom. The van der Waals surface area contributed by atoms with E-state index in [0.29, 0.717) is 30.3 Å². The number of rotatable bonds is 7. The molecule has 1 aliphatic rings. The fraction of sp³-hybridized carbons (Fsp3) is 0.435. The molecule has 2 aromatic carbocycles. The number of nitrogens with one attached hydrogen (secondary N) is 1. The molecule has 2 aromatic rings. The molecule has 10 heteroatoms. The van der Waals surface area contributed by atoms with E-state index in [9.17, 15) is 21.6 Å². The number of carbonyl (C=O) groups excluding carboxylic acids is 1. The minimum atomic E-state index is -3.96. The van der Waals surface area contributed by atoms with Crippen LogP contribution in [0, 0.1) is 5.92 Å². The highest BCUT2D eigenvalue weighted by Crippen LogP contribution is 2.27. The second-order valence-electron chi connectivity index (χ2n) is 8.52. The van der Waals surface area contributed by atoms with Gasteiger partial charge in [0.25, 0.3) is 5.91 Å². The van der Waals surface area contributed by atoms with E-state index >= 15 is 0 Å². The Morgan fingerprint density at radius 1 is 1.03 bits per heavy atom. The first-order valence-electron chi connectivity index (χ1n) is 10.7. The highest BCUT2D eigenvalue weighted by atomic mass is 32.2. The summed E-state index contributed by atoms with van der Waals surface area (Å²) < 4.78 is 57.3. The molecule has 0 aliphatic carbocycles. The summed E-state index contributed by atoms with van der Waals surface area (Å²) in [5.74, 6) is 0.627. The van der Waals surface area contributed by atoms with Crippen LogP contribution in [0.5, 0.6) is 5.75 Å². The van der Waals surface area contributed by atoms with E-state index in [1.165, 1.54) is 37.4 Å². The summed E-state index contributed by atoms with van der Waals surface area (Å²) in [6, 6.07) is 9.65. The van der Waals surface area contributed by atoms with Gasteiger partial charge >= 0.3 is 0 Å². The lowest BCUT2D eigenvalue weighted by Gasteiger charge is -2.30. The molecule has 33 heavy (non-hydrogen) atoms. The highest BCUT2D eigenvalue weighted by Gasteiger charge is 2.27. The predicted octanol–water partition coefficient (Wildman–Crippen LogP) is 3.01. The fourth-order valence-corrected chi connectivity index (χ4v) is 5.66. The van der Waals surface area contributed by atoms with Gasteiger partial charge < -0.3 is 9.64 Å². The number of hydrogen-bond acceptors (Lipinski definition) is 6. The van der Waals surface area contributed by atoms with Gasteiger partial charge in [-0.3, -0.25) is 4.79 Å². The summed E-state index contributed by atoms with van der Waals surface area (Å²) >= 11 is 0. The Bertz CT molecular complexity index is 1220. The normalized spacial score (nSPS) is 16.4. The molecular formula is C23H30N2O6S2. The van der Waals surface area contributed by atoms with Crippen molar-refractivity contribution in [2.75, 3.05) is 26.5 Å². The highest BCUT2D eigenvalue weighted by molar-refractivity contribution is 7.90. The van der Waals surface area contributed by atoms with Crippen LogP contribution in [-0.2, 0) is 19.9 Å². The number of sulfone groups is 1. The predicted molar refractivity (Wildman–Crippen MR) is 126 cm³/mol. The number of piperidine rings is 1. The Labute approximate surface area is 195 Å². The van der Waals surface area contributed by atoms with Gasteiger partial charge in [0.1, 0.15) is 5.75 Å². The Kier molecular flexibility index (Phi) is 7.50. The molecule has 0 spiro atoms. The molecule has 0 unspecified atom stereocenters. The molecule has 3 rings (SSSR count). The van der Waals surface area contributed by atoms with Gasteiger partial charge in [0.2, 0.25) is 10.0 Å². The van der Waals surface area contributed by atoms with Crippen LogP contribution in [0.25, 0.3) is 0 Å². The van der Waals surface area contributed by atoms with Crippen molar-refractivity contribution in [3.8, 4) is 5.75 Å². The zero-order valence-corrected chi connectivity index (χ0v) is 20.9. The van der Waals surface area contributed by atoms with Crippen LogP contribution in [0.3, 0.4) is 0 Å². The molecule has 0 radical (unpaired) electrons. The zero-order valence-electron chi connectivity index (χ0n) is 19.2. The topological polar surface area (TPSA) is 110 Å². The van der Waals surface area contributed by atoms with E-state index in [1.54, 1.807) is 24.0 Å². The zero-order chi connectivity index (χ0) is 24.4. The summed E-state index contributed by atoms with van der Waals surface area (Å²) in [6.07, 6.45) is 2.92. The van der Waals surface area contributed by atoms with Crippen LogP contribution < -0.4 is 9.46 Å². The first-order chi connectivity index (χ1) is 15.4. The van der Waals surface area contributed by atoms with Crippen LogP contribution in [0.15, 0.2) is 52.3 Å². The number of nitrogens with zero attached hydrogens (tertiary/aromatic N) is 1. The van der Waals surface area contributed by atoms with E-state index in [0.717, 1.165) is 19.1 Å².